The van der Waals surface area contributed by atoms with Gasteiger partial charge in [-0.05, 0) is 25.7 Å². The van der Waals surface area contributed by atoms with E-state index in [1.165, 1.54) is 198 Å². The van der Waals surface area contributed by atoms with Crippen molar-refractivity contribution < 1.29 is 44.9 Å². The van der Waals surface area contributed by atoms with Crippen molar-refractivity contribution >= 4 is 5.91 Å². The molecule has 8 atom stereocenters. The van der Waals surface area contributed by atoms with Crippen molar-refractivity contribution in [1.29, 1.82) is 0 Å². The summed E-state index contributed by atoms with van der Waals surface area (Å²) in [5.41, 5.74) is 0. The van der Waals surface area contributed by atoms with E-state index in [-0.39, 0.29) is 5.91 Å². The van der Waals surface area contributed by atoms with Crippen LogP contribution < -0.4 is 5.32 Å². The van der Waals surface area contributed by atoms with E-state index in [1.807, 2.05) is 0 Å². The van der Waals surface area contributed by atoms with Crippen molar-refractivity contribution in [2.75, 3.05) is 19.8 Å². The van der Waals surface area contributed by atoms with E-state index in [9.17, 15) is 35.4 Å². The van der Waals surface area contributed by atoms with E-state index in [0.29, 0.717) is 12.8 Å². The van der Waals surface area contributed by atoms with Crippen molar-refractivity contribution in [3.63, 3.8) is 0 Å². The average molecular weight is 898 g/mol. The van der Waals surface area contributed by atoms with Crippen LogP contribution in [0.3, 0.4) is 0 Å². The van der Waals surface area contributed by atoms with Crippen LogP contribution in [0.2, 0.25) is 0 Å². The number of unbranched alkanes of at least 4 members (excludes halogenated alkanes) is 32. The summed E-state index contributed by atoms with van der Waals surface area (Å²) in [7, 11) is 0. The van der Waals surface area contributed by atoms with Gasteiger partial charge in [-0.1, -0.05) is 231 Å². The van der Waals surface area contributed by atoms with Gasteiger partial charge in [-0.2, -0.15) is 0 Å². The fourth-order valence-corrected chi connectivity index (χ4v) is 8.86. The summed E-state index contributed by atoms with van der Waals surface area (Å²) in [5, 5.41) is 65.6. The Morgan fingerprint density at radius 3 is 1.33 bits per heavy atom. The molecule has 1 heterocycles. The van der Waals surface area contributed by atoms with E-state index in [1.54, 1.807) is 0 Å². The molecule has 1 aliphatic heterocycles. The normalized spacial score (nSPS) is 20.7. The van der Waals surface area contributed by atoms with E-state index < -0.39 is 55.4 Å². The summed E-state index contributed by atoms with van der Waals surface area (Å²) >= 11 is 0. The lowest BCUT2D eigenvalue weighted by atomic mass is 9.93. The number of hydrogen-bond acceptors (Lipinski definition) is 9. The van der Waals surface area contributed by atoms with Crippen LogP contribution in [0.5, 0.6) is 0 Å². The predicted molar refractivity (Wildman–Crippen MR) is 260 cm³/mol. The van der Waals surface area contributed by atoms with E-state index in [4.69, 9.17) is 9.47 Å². The summed E-state index contributed by atoms with van der Waals surface area (Å²) in [6, 6.07) is -0.947. The Hall–Kier alpha value is -1.11. The largest absolute Gasteiger partial charge is 0.394 e. The van der Waals surface area contributed by atoms with Crippen molar-refractivity contribution in [2.45, 2.75) is 300 Å². The Balaban J connectivity index is 2.23. The summed E-state index contributed by atoms with van der Waals surface area (Å²) in [5.74, 6) is -0.227. The molecule has 1 fully saturated rings. The van der Waals surface area contributed by atoms with Gasteiger partial charge in [-0.3, -0.25) is 4.79 Å². The molecule has 0 aromatic carbocycles. The zero-order valence-electron chi connectivity index (χ0n) is 41.0. The first-order valence-electron chi connectivity index (χ1n) is 27.0. The fraction of sp³-hybridized carbons (Fsp3) is 0.943. The van der Waals surface area contributed by atoms with Crippen LogP contribution in [0.15, 0.2) is 12.2 Å². The van der Waals surface area contributed by atoms with E-state index in [0.717, 1.165) is 51.7 Å². The van der Waals surface area contributed by atoms with Crippen LogP contribution in [0, 0.1) is 0 Å². The molecular formula is C53H103NO9. The maximum Gasteiger partial charge on any atom is 0.220 e. The van der Waals surface area contributed by atoms with Gasteiger partial charge in [-0.15, -0.1) is 0 Å². The smallest absolute Gasteiger partial charge is 0.220 e. The van der Waals surface area contributed by atoms with Crippen LogP contribution >= 0.6 is 0 Å². The van der Waals surface area contributed by atoms with Crippen molar-refractivity contribution in [1.82, 2.24) is 5.32 Å². The van der Waals surface area contributed by atoms with Gasteiger partial charge in [0.1, 0.15) is 36.6 Å². The second-order valence-electron chi connectivity index (χ2n) is 19.1. The summed E-state index contributed by atoms with van der Waals surface area (Å²) < 4.78 is 11.4. The van der Waals surface area contributed by atoms with Crippen LogP contribution in [0.25, 0.3) is 0 Å². The molecule has 1 amide bonds. The van der Waals surface area contributed by atoms with Gasteiger partial charge in [-0.25, -0.2) is 0 Å². The van der Waals surface area contributed by atoms with Gasteiger partial charge in [0.05, 0.1) is 18.8 Å². The Labute approximate surface area is 387 Å². The van der Waals surface area contributed by atoms with Crippen molar-refractivity contribution in [3.05, 3.63) is 12.2 Å². The number of carbonyl (C=O) groups is 1. The number of aliphatic hydroxyl groups is 6. The third kappa shape index (κ3) is 33.1. The average Bonchev–Trinajstić information content (AvgIpc) is 3.28. The molecule has 1 saturated heterocycles. The zero-order chi connectivity index (χ0) is 46.0. The van der Waals surface area contributed by atoms with Crippen molar-refractivity contribution in [2.24, 2.45) is 0 Å². The molecule has 0 bridgehead atoms. The van der Waals surface area contributed by atoms with Crippen LogP contribution in [0.1, 0.15) is 251 Å². The third-order valence-electron chi connectivity index (χ3n) is 13.2. The minimum absolute atomic E-state index is 0.227. The molecule has 1 aliphatic rings. The van der Waals surface area contributed by atoms with E-state index in [2.05, 4.69) is 19.2 Å². The third-order valence-corrected chi connectivity index (χ3v) is 13.2. The molecule has 7 N–H and O–H groups in total. The first-order valence-corrected chi connectivity index (χ1v) is 27.0. The van der Waals surface area contributed by atoms with Crippen LogP contribution in [-0.2, 0) is 14.3 Å². The number of ether oxygens (including phenoxy) is 2. The predicted octanol–water partition coefficient (Wildman–Crippen LogP) is 11.1. The highest BCUT2D eigenvalue weighted by atomic mass is 16.5. The Morgan fingerprint density at radius 1 is 0.540 bits per heavy atom. The number of hydrogen-bond donors (Lipinski definition) is 7. The number of amides is 1. The maximum atomic E-state index is 13.1. The number of rotatable bonds is 46. The first-order chi connectivity index (χ1) is 30.8. The van der Waals surface area contributed by atoms with Gasteiger partial charge in [0, 0.05) is 19.6 Å². The number of nitrogens with one attached hydrogen (secondary N) is 1. The summed E-state index contributed by atoms with van der Waals surface area (Å²) in [6.45, 7) is 5.84. The fourth-order valence-electron chi connectivity index (χ4n) is 8.86. The second-order valence-corrected chi connectivity index (χ2v) is 19.1. The van der Waals surface area contributed by atoms with Gasteiger partial charge < -0.3 is 45.4 Å². The molecule has 0 aromatic rings. The highest BCUT2D eigenvalue weighted by molar-refractivity contribution is 5.76. The van der Waals surface area contributed by atoms with Crippen molar-refractivity contribution in [3.8, 4) is 0 Å². The molecule has 0 aliphatic carbocycles. The molecule has 2 unspecified atom stereocenters. The Bertz CT molecular complexity index is 1010. The lowest BCUT2D eigenvalue weighted by Crippen LogP contribution is -2.58. The molecule has 0 radical (unpaired) electrons. The van der Waals surface area contributed by atoms with Crippen LogP contribution in [-0.4, -0.2) is 105 Å². The summed E-state index contributed by atoms with van der Waals surface area (Å²) in [6.07, 6.45) is 38.1. The summed E-state index contributed by atoms with van der Waals surface area (Å²) in [4.78, 5) is 13.1. The van der Waals surface area contributed by atoms with Gasteiger partial charge >= 0.3 is 0 Å². The lowest BCUT2D eigenvalue weighted by molar-refractivity contribution is -0.216. The monoisotopic (exact) mass is 898 g/mol. The Morgan fingerprint density at radius 2 is 0.921 bits per heavy atom. The van der Waals surface area contributed by atoms with Gasteiger partial charge in [0.2, 0.25) is 5.91 Å². The number of aliphatic hydroxyl groups excluding tert-OH is 6. The topological polar surface area (TPSA) is 169 Å². The SMILES string of the molecule is CCCCCCCCCCCCCC[C@@H](O)[C@@H](O)[C@H](/C=C/[C@H]1OC(CO)[C@H](O)[C@H](O)C1O)NC(=O)CCCCCCCCCCCCCCCCCCCOCCCCCCCC. The molecule has 1 rings (SSSR count). The first kappa shape index (κ1) is 59.9. The van der Waals surface area contributed by atoms with Gasteiger partial charge in [0.15, 0.2) is 0 Å². The van der Waals surface area contributed by atoms with Gasteiger partial charge in [0.25, 0.3) is 0 Å². The second kappa shape index (κ2) is 43.5. The van der Waals surface area contributed by atoms with E-state index >= 15 is 0 Å². The van der Waals surface area contributed by atoms with Crippen LogP contribution in [0.4, 0.5) is 0 Å². The molecule has 0 saturated carbocycles. The zero-order valence-corrected chi connectivity index (χ0v) is 41.0. The molecule has 374 valence electrons. The molecular weight excluding hydrogens is 795 g/mol. The lowest BCUT2D eigenvalue weighted by Gasteiger charge is -2.39. The highest BCUT2D eigenvalue weighted by Gasteiger charge is 2.42. The standard InChI is InChI=1S/C53H103NO9/c1-3-5-7-9-11-12-13-21-24-27-30-34-38-46(56)50(58)45(40-41-47-51(59)53(61)52(60)48(44-55)63-47)54-49(57)39-35-31-28-25-22-19-17-15-14-16-18-20-23-26-29-33-37-43-62-42-36-32-10-8-6-4-2/h40-41,45-48,50-53,55-56,58-61H,3-39,42-44H2,1-2H3,(H,54,57)/b41-40+/t45-,46+,47+,48?,50-,51?,52-,53+/m0/s1. The minimum atomic E-state index is -1.53. The Kier molecular flexibility index (Phi) is 41.3. The quantitative estimate of drug-likeness (QED) is 0.0232. The molecule has 0 aromatic heterocycles. The molecule has 10 heteroatoms. The number of carbonyl (C=O) groups excluding carboxylic acids is 1. The highest BCUT2D eigenvalue weighted by Crippen LogP contribution is 2.23. The molecule has 10 nitrogen and oxygen atoms in total. The molecule has 0 spiro atoms. The maximum absolute atomic E-state index is 13.1. The minimum Gasteiger partial charge on any atom is -0.394 e. The molecule has 63 heavy (non-hydrogen) atoms.